The van der Waals surface area contributed by atoms with Crippen LogP contribution in [0.5, 0.6) is 5.75 Å². The molecule has 0 bridgehead atoms. The number of ether oxygens (including phenoxy) is 1. The zero-order valence-corrected chi connectivity index (χ0v) is 25.0. The lowest BCUT2D eigenvalue weighted by Gasteiger charge is -2.20. The number of tetrazole rings is 1. The number of nitrogens with one attached hydrogen (secondary N) is 2. The second-order valence-electron chi connectivity index (χ2n) is 9.99. The molecule has 4 rings (SSSR count). The van der Waals surface area contributed by atoms with Gasteiger partial charge in [0.05, 0.1) is 32.7 Å². The van der Waals surface area contributed by atoms with Crippen molar-refractivity contribution in [1.29, 1.82) is 0 Å². The normalized spacial score (nSPS) is 11.2. The van der Waals surface area contributed by atoms with Crippen LogP contribution in [-0.4, -0.2) is 55.5 Å². The van der Waals surface area contributed by atoms with Crippen molar-refractivity contribution in [3.05, 3.63) is 81.8 Å². The molecule has 0 spiro atoms. The second kappa shape index (κ2) is 13.2. The predicted molar refractivity (Wildman–Crippen MR) is 161 cm³/mol. The Morgan fingerprint density at radius 3 is 2.45 bits per heavy atom. The van der Waals surface area contributed by atoms with Gasteiger partial charge in [-0.05, 0) is 63.9 Å². The van der Waals surface area contributed by atoms with Crippen molar-refractivity contribution >= 4 is 64.1 Å². The molecule has 0 aliphatic rings. The quantitative estimate of drug-likeness (QED) is 0.188. The third-order valence-electron chi connectivity index (χ3n) is 5.79. The predicted octanol–water partition coefficient (Wildman–Crippen LogP) is 5.71. The van der Waals surface area contributed by atoms with Gasteiger partial charge in [0.25, 0.3) is 5.91 Å². The third kappa shape index (κ3) is 7.99. The van der Waals surface area contributed by atoms with E-state index in [0.29, 0.717) is 33.0 Å². The van der Waals surface area contributed by atoms with Gasteiger partial charge in [0.2, 0.25) is 11.1 Å². The van der Waals surface area contributed by atoms with Gasteiger partial charge in [-0.1, -0.05) is 67.9 Å². The van der Waals surface area contributed by atoms with Gasteiger partial charge in [0.1, 0.15) is 5.75 Å². The van der Waals surface area contributed by atoms with E-state index in [4.69, 9.17) is 33.0 Å². The van der Waals surface area contributed by atoms with Crippen LogP contribution >= 0.6 is 35.0 Å². The molecule has 0 aliphatic carbocycles. The molecule has 0 saturated carbocycles. The average molecular weight is 630 g/mol. The zero-order chi connectivity index (χ0) is 30.4. The number of thioether (sulfide) groups is 1. The van der Waals surface area contributed by atoms with Crippen molar-refractivity contribution in [2.75, 3.05) is 23.0 Å². The highest BCUT2D eigenvalue weighted by molar-refractivity contribution is 7.99. The van der Waals surface area contributed by atoms with E-state index in [9.17, 15) is 14.4 Å². The largest absolute Gasteiger partial charge is 0.484 e. The number of carbonyl (C=O) groups is 3. The van der Waals surface area contributed by atoms with E-state index in [2.05, 4.69) is 46.9 Å². The first-order valence-electron chi connectivity index (χ1n) is 12.5. The number of carboxylic acids is 1. The molecule has 0 atom stereocenters. The minimum Gasteiger partial charge on any atom is -0.484 e. The first-order chi connectivity index (χ1) is 19.9. The molecule has 14 heteroatoms. The number of nitrogens with zero attached hydrogens (tertiary/aromatic N) is 4. The summed E-state index contributed by atoms with van der Waals surface area (Å²) in [5.41, 5.74) is 2.32. The Hall–Kier alpha value is -4.13. The van der Waals surface area contributed by atoms with E-state index < -0.39 is 11.9 Å². The molecule has 218 valence electrons. The standard InChI is InChI=1S/C28H26Cl2N6O5S/c1-28(2,3)17-7-10-23(21(30)12-17)36-27(33-34-35-36)42-15-25(38)32-22-9-8-19(13-20(22)29)41-14-24(37)31-18-6-4-5-16(11-18)26(39)40/h4-13H,14-15H2,1-3H3,(H,31,37)(H,32,38)(H,39,40). The lowest BCUT2D eigenvalue weighted by atomic mass is 9.87. The molecule has 11 nitrogen and oxygen atoms in total. The summed E-state index contributed by atoms with van der Waals surface area (Å²) < 4.78 is 6.96. The van der Waals surface area contributed by atoms with Crippen molar-refractivity contribution in [3.63, 3.8) is 0 Å². The fourth-order valence-corrected chi connectivity index (χ4v) is 4.81. The molecule has 3 N–H and O–H groups in total. The Bertz CT molecular complexity index is 1640. The summed E-state index contributed by atoms with van der Waals surface area (Å²) in [7, 11) is 0. The first kappa shape index (κ1) is 30.8. The molecular weight excluding hydrogens is 603 g/mol. The van der Waals surface area contributed by atoms with Gasteiger partial charge in [-0.15, -0.1) is 5.10 Å². The summed E-state index contributed by atoms with van der Waals surface area (Å²) in [5.74, 6) is -1.64. The van der Waals surface area contributed by atoms with Crippen LogP contribution in [0.4, 0.5) is 11.4 Å². The highest BCUT2D eigenvalue weighted by Crippen LogP contribution is 2.31. The molecule has 0 radical (unpaired) electrons. The SMILES string of the molecule is CC(C)(C)c1ccc(-n2nnnc2SCC(=O)Nc2ccc(OCC(=O)Nc3cccc(C(=O)O)c3)cc2Cl)c(Cl)c1. The Kier molecular flexibility index (Phi) is 9.71. The lowest BCUT2D eigenvalue weighted by Crippen LogP contribution is -2.20. The number of carbonyl (C=O) groups excluding carboxylic acids is 2. The molecule has 0 saturated heterocycles. The van der Waals surface area contributed by atoms with Crippen LogP contribution in [0.2, 0.25) is 10.0 Å². The smallest absolute Gasteiger partial charge is 0.335 e. The molecule has 0 unspecified atom stereocenters. The molecule has 3 aromatic carbocycles. The number of amides is 2. The van der Waals surface area contributed by atoms with E-state index in [0.717, 1.165) is 17.3 Å². The maximum Gasteiger partial charge on any atom is 0.335 e. The summed E-state index contributed by atoms with van der Waals surface area (Å²) in [5, 5.41) is 27.2. The second-order valence-corrected chi connectivity index (χ2v) is 11.7. The molecule has 42 heavy (non-hydrogen) atoms. The molecule has 0 aliphatic heterocycles. The van der Waals surface area contributed by atoms with Gasteiger partial charge in [-0.3, -0.25) is 9.59 Å². The van der Waals surface area contributed by atoms with Gasteiger partial charge in [-0.2, -0.15) is 4.68 Å². The van der Waals surface area contributed by atoms with Gasteiger partial charge >= 0.3 is 5.97 Å². The van der Waals surface area contributed by atoms with E-state index >= 15 is 0 Å². The lowest BCUT2D eigenvalue weighted by molar-refractivity contribution is -0.118. The van der Waals surface area contributed by atoms with Crippen LogP contribution in [0.15, 0.2) is 65.8 Å². The fraction of sp³-hybridized carbons (Fsp3) is 0.214. The topological polar surface area (TPSA) is 148 Å². The van der Waals surface area contributed by atoms with E-state index in [-0.39, 0.29) is 34.3 Å². The Morgan fingerprint density at radius 1 is 0.976 bits per heavy atom. The summed E-state index contributed by atoms with van der Waals surface area (Å²) >= 11 is 14.0. The first-order valence-corrected chi connectivity index (χ1v) is 14.2. The Balaban J connectivity index is 1.30. The van der Waals surface area contributed by atoms with Crippen LogP contribution in [0.1, 0.15) is 36.7 Å². The maximum atomic E-state index is 12.7. The van der Waals surface area contributed by atoms with Crippen molar-refractivity contribution in [2.45, 2.75) is 31.3 Å². The Labute approximate surface area is 255 Å². The summed E-state index contributed by atoms with van der Waals surface area (Å²) in [6.07, 6.45) is 0. The number of anilines is 2. The third-order valence-corrected chi connectivity index (χ3v) is 7.33. The molecule has 4 aromatic rings. The number of benzene rings is 3. The van der Waals surface area contributed by atoms with Crippen LogP contribution in [-0.2, 0) is 15.0 Å². The van der Waals surface area contributed by atoms with Crippen molar-refractivity contribution < 1.29 is 24.2 Å². The summed E-state index contributed by atoms with van der Waals surface area (Å²) in [4.78, 5) is 36.0. The molecular formula is C28H26Cl2N6O5S. The number of aromatic nitrogens is 4. The number of rotatable bonds is 10. The number of carboxylic acid groups (broad SMARTS) is 1. The highest BCUT2D eigenvalue weighted by atomic mass is 35.5. The number of hydrogen-bond donors (Lipinski definition) is 3. The van der Waals surface area contributed by atoms with Crippen LogP contribution in [0.25, 0.3) is 5.69 Å². The number of hydrogen-bond acceptors (Lipinski definition) is 8. The van der Waals surface area contributed by atoms with E-state index in [1.165, 1.54) is 28.9 Å². The van der Waals surface area contributed by atoms with Crippen LogP contribution in [0, 0.1) is 0 Å². The van der Waals surface area contributed by atoms with E-state index in [1.54, 1.807) is 18.2 Å². The van der Waals surface area contributed by atoms with Crippen LogP contribution in [0.3, 0.4) is 0 Å². The van der Waals surface area contributed by atoms with Crippen molar-refractivity contribution in [2.24, 2.45) is 0 Å². The zero-order valence-electron chi connectivity index (χ0n) is 22.7. The maximum absolute atomic E-state index is 12.7. The number of halogens is 2. The molecule has 1 aromatic heterocycles. The molecule has 2 amide bonds. The minimum atomic E-state index is -1.10. The summed E-state index contributed by atoms with van der Waals surface area (Å²) in [6.45, 7) is 5.94. The fourth-order valence-electron chi connectivity index (χ4n) is 3.64. The number of aromatic carboxylic acids is 1. The monoisotopic (exact) mass is 628 g/mol. The highest BCUT2D eigenvalue weighted by Gasteiger charge is 2.19. The van der Waals surface area contributed by atoms with Crippen molar-refractivity contribution in [1.82, 2.24) is 20.2 Å². The van der Waals surface area contributed by atoms with Gasteiger partial charge in [0.15, 0.2) is 6.61 Å². The van der Waals surface area contributed by atoms with Gasteiger partial charge in [0, 0.05) is 11.8 Å². The Morgan fingerprint density at radius 2 is 1.76 bits per heavy atom. The van der Waals surface area contributed by atoms with Gasteiger partial charge in [-0.25, -0.2) is 4.79 Å². The van der Waals surface area contributed by atoms with Crippen molar-refractivity contribution in [3.8, 4) is 11.4 Å². The van der Waals surface area contributed by atoms with E-state index in [1.807, 2.05) is 18.2 Å². The average Bonchev–Trinajstić information content (AvgIpc) is 3.40. The molecule has 0 fully saturated rings. The summed E-state index contributed by atoms with van der Waals surface area (Å²) in [6, 6.07) is 16.1. The van der Waals surface area contributed by atoms with Crippen LogP contribution < -0.4 is 15.4 Å². The minimum absolute atomic E-state index is 0.00407. The van der Waals surface area contributed by atoms with Gasteiger partial charge < -0.3 is 20.5 Å². The molecule has 1 heterocycles.